The zero-order chi connectivity index (χ0) is 12.4. The number of aromatic nitrogens is 2. The van der Waals surface area contributed by atoms with Crippen LogP contribution in [-0.2, 0) is 9.53 Å². The average molecular weight is 243 g/mol. The Morgan fingerprint density at radius 2 is 2.28 bits per heavy atom. The van der Waals surface area contributed by atoms with Crippen LogP contribution in [0.1, 0.15) is 6.42 Å². The number of nitrogens with zero attached hydrogens (tertiary/aromatic N) is 2. The Labute approximate surface area is 104 Å². The Kier molecular flexibility index (Phi) is 2.90. The quantitative estimate of drug-likeness (QED) is 0.889. The fourth-order valence-corrected chi connectivity index (χ4v) is 1.89. The summed E-state index contributed by atoms with van der Waals surface area (Å²) in [6.45, 7) is 1.37. The molecule has 1 fully saturated rings. The summed E-state index contributed by atoms with van der Waals surface area (Å²) in [4.78, 5) is 20.1. The molecule has 0 atom stereocenters. The molecule has 3 heterocycles. The van der Waals surface area contributed by atoms with Gasteiger partial charge in [-0.05, 0) is 18.2 Å². The molecule has 0 radical (unpaired) electrons. The Hall–Kier alpha value is -2.01. The Morgan fingerprint density at radius 1 is 1.39 bits per heavy atom. The van der Waals surface area contributed by atoms with Crippen LogP contribution < -0.4 is 5.32 Å². The summed E-state index contributed by atoms with van der Waals surface area (Å²) < 4.78 is 5.04. The highest BCUT2D eigenvalue weighted by molar-refractivity contribution is 5.91. The molecule has 1 aliphatic rings. The molecule has 18 heavy (non-hydrogen) atoms. The van der Waals surface area contributed by atoms with Crippen LogP contribution in [0.4, 0.5) is 5.82 Å². The molecule has 0 aromatic carbocycles. The van der Waals surface area contributed by atoms with Gasteiger partial charge >= 0.3 is 0 Å². The van der Waals surface area contributed by atoms with E-state index < -0.39 is 0 Å². The second kappa shape index (κ2) is 4.70. The first-order chi connectivity index (χ1) is 8.81. The van der Waals surface area contributed by atoms with Gasteiger partial charge in [0.05, 0.1) is 18.7 Å². The second-order valence-electron chi connectivity index (χ2n) is 4.42. The van der Waals surface area contributed by atoms with E-state index in [2.05, 4.69) is 15.3 Å². The first-order valence-electron chi connectivity index (χ1n) is 5.89. The van der Waals surface area contributed by atoms with Gasteiger partial charge in [-0.25, -0.2) is 4.98 Å². The van der Waals surface area contributed by atoms with Gasteiger partial charge < -0.3 is 10.1 Å². The van der Waals surface area contributed by atoms with E-state index in [9.17, 15) is 4.79 Å². The number of fused-ring (bicyclic) bond motifs is 1. The largest absolute Gasteiger partial charge is 0.381 e. The molecule has 0 bridgehead atoms. The number of rotatable bonds is 3. The number of carbonyl (C=O) groups excluding carboxylic acids is 1. The Balaban J connectivity index is 1.71. The van der Waals surface area contributed by atoms with Gasteiger partial charge in [-0.1, -0.05) is 0 Å². The van der Waals surface area contributed by atoms with Crippen molar-refractivity contribution in [1.29, 1.82) is 0 Å². The molecule has 1 saturated heterocycles. The summed E-state index contributed by atoms with van der Waals surface area (Å²) in [5.41, 5.74) is 0.828. The maximum Gasteiger partial charge on any atom is 0.225 e. The number of ether oxygens (including phenoxy) is 1. The van der Waals surface area contributed by atoms with Crippen molar-refractivity contribution in [1.82, 2.24) is 9.97 Å². The molecule has 2 aromatic rings. The summed E-state index contributed by atoms with van der Waals surface area (Å²) in [6.07, 6.45) is 3.93. The lowest BCUT2D eigenvalue weighted by Crippen LogP contribution is -2.31. The molecule has 2 aromatic heterocycles. The van der Waals surface area contributed by atoms with Crippen LogP contribution in [0.5, 0.6) is 0 Å². The van der Waals surface area contributed by atoms with Crippen molar-refractivity contribution in [2.45, 2.75) is 6.42 Å². The number of hydrogen-bond donors (Lipinski definition) is 1. The van der Waals surface area contributed by atoms with E-state index in [1.165, 1.54) is 0 Å². The third kappa shape index (κ3) is 2.31. The van der Waals surface area contributed by atoms with E-state index in [1.54, 1.807) is 18.5 Å². The fourth-order valence-electron chi connectivity index (χ4n) is 1.89. The van der Waals surface area contributed by atoms with Crippen molar-refractivity contribution in [3.63, 3.8) is 0 Å². The van der Waals surface area contributed by atoms with Crippen molar-refractivity contribution < 1.29 is 9.53 Å². The number of amides is 1. The van der Waals surface area contributed by atoms with Crippen molar-refractivity contribution in [3.05, 3.63) is 30.6 Å². The highest BCUT2D eigenvalue weighted by Gasteiger charge is 2.21. The number of hydrogen-bond acceptors (Lipinski definition) is 4. The molecule has 5 heteroatoms. The van der Waals surface area contributed by atoms with Crippen LogP contribution in [0.15, 0.2) is 30.6 Å². The third-order valence-corrected chi connectivity index (χ3v) is 2.94. The normalized spacial score (nSPS) is 15.3. The third-order valence-electron chi connectivity index (χ3n) is 2.94. The number of carbonyl (C=O) groups is 1. The maximum absolute atomic E-state index is 11.7. The topological polar surface area (TPSA) is 64.1 Å². The predicted molar refractivity (Wildman–Crippen MR) is 67.1 cm³/mol. The lowest BCUT2D eigenvalue weighted by Gasteiger charge is -2.24. The molecule has 0 aliphatic carbocycles. The first kappa shape index (κ1) is 11.1. The van der Waals surface area contributed by atoms with E-state index in [-0.39, 0.29) is 5.91 Å². The van der Waals surface area contributed by atoms with E-state index in [4.69, 9.17) is 4.74 Å². The van der Waals surface area contributed by atoms with Crippen LogP contribution in [0, 0.1) is 5.92 Å². The van der Waals surface area contributed by atoms with E-state index in [0.717, 1.165) is 10.9 Å². The van der Waals surface area contributed by atoms with Gasteiger partial charge in [-0.15, -0.1) is 0 Å². The molecule has 1 aliphatic heterocycles. The molecule has 3 rings (SSSR count). The fraction of sp³-hybridized carbons (Fsp3) is 0.308. The van der Waals surface area contributed by atoms with Gasteiger partial charge in [0, 0.05) is 30.1 Å². The van der Waals surface area contributed by atoms with Crippen molar-refractivity contribution >= 4 is 22.6 Å². The molecular weight excluding hydrogens is 230 g/mol. The zero-order valence-electron chi connectivity index (χ0n) is 9.80. The maximum atomic E-state index is 11.7. The molecule has 0 spiro atoms. The minimum atomic E-state index is -0.00999. The molecule has 0 unspecified atom stereocenters. The van der Waals surface area contributed by atoms with Crippen LogP contribution in [0.3, 0.4) is 0 Å². The summed E-state index contributed by atoms with van der Waals surface area (Å²) >= 11 is 0. The minimum absolute atomic E-state index is 0.00999. The molecule has 92 valence electrons. The van der Waals surface area contributed by atoms with Gasteiger partial charge in [-0.3, -0.25) is 9.78 Å². The van der Waals surface area contributed by atoms with Gasteiger partial charge in [0.25, 0.3) is 0 Å². The first-order valence-corrected chi connectivity index (χ1v) is 5.89. The summed E-state index contributed by atoms with van der Waals surface area (Å²) in [7, 11) is 0. The lowest BCUT2D eigenvalue weighted by molar-refractivity contribution is -0.121. The van der Waals surface area contributed by atoms with E-state index >= 15 is 0 Å². The highest BCUT2D eigenvalue weighted by atomic mass is 16.5. The number of anilines is 1. The molecular formula is C13H13N3O2. The van der Waals surface area contributed by atoms with Gasteiger partial charge in [-0.2, -0.15) is 0 Å². The van der Waals surface area contributed by atoms with E-state index in [1.807, 2.05) is 12.1 Å². The van der Waals surface area contributed by atoms with Crippen LogP contribution >= 0.6 is 0 Å². The van der Waals surface area contributed by atoms with E-state index in [0.29, 0.717) is 31.4 Å². The highest BCUT2D eigenvalue weighted by Crippen LogP contribution is 2.17. The lowest BCUT2D eigenvalue weighted by atomic mass is 10.0. The zero-order valence-corrected chi connectivity index (χ0v) is 9.80. The molecule has 5 nitrogen and oxygen atoms in total. The van der Waals surface area contributed by atoms with Crippen LogP contribution in [-0.4, -0.2) is 29.1 Å². The Bertz CT molecular complexity index is 581. The number of pyridine rings is 2. The number of nitrogens with one attached hydrogen (secondary N) is 1. The standard InChI is InChI=1S/C13H13N3O2/c17-13(5-9-7-18-8-9)16-12-2-1-10-6-14-4-3-11(10)15-12/h1-4,6,9H,5,7-8H2,(H,15,16,17). The van der Waals surface area contributed by atoms with Gasteiger partial charge in [0.2, 0.25) is 5.91 Å². The average Bonchev–Trinajstić information content (AvgIpc) is 2.34. The van der Waals surface area contributed by atoms with Gasteiger partial charge in [0.15, 0.2) is 0 Å². The SMILES string of the molecule is O=C(CC1COC1)Nc1ccc2cnccc2n1. The monoisotopic (exact) mass is 243 g/mol. The van der Waals surface area contributed by atoms with Crippen LogP contribution in [0.25, 0.3) is 10.9 Å². The van der Waals surface area contributed by atoms with Crippen LogP contribution in [0.2, 0.25) is 0 Å². The molecule has 1 amide bonds. The van der Waals surface area contributed by atoms with Crippen molar-refractivity contribution in [2.75, 3.05) is 18.5 Å². The molecule has 1 N–H and O–H groups in total. The van der Waals surface area contributed by atoms with Crippen molar-refractivity contribution in [3.8, 4) is 0 Å². The minimum Gasteiger partial charge on any atom is -0.381 e. The summed E-state index contributed by atoms with van der Waals surface area (Å²) in [5.74, 6) is 0.929. The predicted octanol–water partition coefficient (Wildman–Crippen LogP) is 1.60. The second-order valence-corrected chi connectivity index (χ2v) is 4.42. The summed E-state index contributed by atoms with van der Waals surface area (Å²) in [6, 6.07) is 5.52. The molecule has 0 saturated carbocycles. The smallest absolute Gasteiger partial charge is 0.225 e. The van der Waals surface area contributed by atoms with Crippen molar-refractivity contribution in [2.24, 2.45) is 5.92 Å². The Morgan fingerprint density at radius 3 is 3.06 bits per heavy atom. The van der Waals surface area contributed by atoms with Gasteiger partial charge in [0.1, 0.15) is 5.82 Å². The summed E-state index contributed by atoms with van der Waals surface area (Å²) in [5, 5.41) is 3.77.